The second kappa shape index (κ2) is 9.43. The van der Waals surface area contributed by atoms with E-state index in [2.05, 4.69) is 19.2 Å². The molecule has 0 saturated carbocycles. The first kappa shape index (κ1) is 18.5. The summed E-state index contributed by atoms with van der Waals surface area (Å²) in [6.45, 7) is 7.39. The second-order valence-corrected chi connectivity index (χ2v) is 6.13. The van der Waals surface area contributed by atoms with Gasteiger partial charge in [-0.25, -0.2) is 0 Å². The SMILES string of the molecule is CC(C)CC(C)(CN)NC(=O)COCCOc1ccccc1. The highest BCUT2D eigenvalue weighted by atomic mass is 16.5. The van der Waals surface area contributed by atoms with Gasteiger partial charge in [0, 0.05) is 12.1 Å². The van der Waals surface area contributed by atoms with Crippen LogP contribution in [0.3, 0.4) is 0 Å². The predicted octanol–water partition coefficient (Wildman–Crippen LogP) is 1.96. The van der Waals surface area contributed by atoms with E-state index in [1.807, 2.05) is 37.3 Å². The Balaban J connectivity index is 2.20. The number of benzene rings is 1. The summed E-state index contributed by atoms with van der Waals surface area (Å²) in [5, 5.41) is 2.95. The summed E-state index contributed by atoms with van der Waals surface area (Å²) in [6.07, 6.45) is 0.840. The van der Waals surface area contributed by atoms with Crippen LogP contribution in [-0.4, -0.2) is 37.8 Å². The molecule has 0 aliphatic rings. The van der Waals surface area contributed by atoms with Gasteiger partial charge in [-0.3, -0.25) is 4.79 Å². The van der Waals surface area contributed by atoms with Gasteiger partial charge in [0.15, 0.2) is 0 Å². The van der Waals surface area contributed by atoms with Crippen molar-refractivity contribution in [3.8, 4) is 5.75 Å². The van der Waals surface area contributed by atoms with Crippen molar-refractivity contribution in [1.82, 2.24) is 5.32 Å². The fraction of sp³-hybridized carbons (Fsp3) is 0.588. The van der Waals surface area contributed by atoms with E-state index in [1.165, 1.54) is 0 Å². The average Bonchev–Trinajstić information content (AvgIpc) is 2.47. The van der Waals surface area contributed by atoms with Gasteiger partial charge in [-0.1, -0.05) is 32.0 Å². The zero-order valence-corrected chi connectivity index (χ0v) is 13.8. The van der Waals surface area contributed by atoms with Crippen molar-refractivity contribution in [3.05, 3.63) is 30.3 Å². The minimum Gasteiger partial charge on any atom is -0.491 e. The normalized spacial score (nSPS) is 13.7. The summed E-state index contributed by atoms with van der Waals surface area (Å²) in [5.74, 6) is 1.12. The molecule has 3 N–H and O–H groups in total. The molecular formula is C17H28N2O3. The lowest BCUT2D eigenvalue weighted by Crippen LogP contribution is -2.53. The lowest BCUT2D eigenvalue weighted by molar-refractivity contribution is -0.127. The maximum Gasteiger partial charge on any atom is 0.246 e. The maximum absolute atomic E-state index is 11.9. The van der Waals surface area contributed by atoms with E-state index in [9.17, 15) is 4.79 Å². The molecule has 0 radical (unpaired) electrons. The van der Waals surface area contributed by atoms with E-state index in [0.717, 1.165) is 12.2 Å². The molecule has 0 heterocycles. The molecule has 0 aliphatic heterocycles. The van der Waals surface area contributed by atoms with Gasteiger partial charge in [-0.05, 0) is 31.4 Å². The Bertz CT molecular complexity index is 437. The number of ether oxygens (including phenoxy) is 2. The van der Waals surface area contributed by atoms with Crippen LogP contribution in [-0.2, 0) is 9.53 Å². The minimum absolute atomic E-state index is 0.0197. The third kappa shape index (κ3) is 7.43. The van der Waals surface area contributed by atoms with Gasteiger partial charge < -0.3 is 20.5 Å². The number of hydrogen-bond donors (Lipinski definition) is 2. The molecule has 5 nitrogen and oxygen atoms in total. The number of hydrogen-bond acceptors (Lipinski definition) is 4. The molecule has 1 aromatic carbocycles. The summed E-state index contributed by atoms with van der Waals surface area (Å²) in [6, 6.07) is 9.51. The zero-order valence-electron chi connectivity index (χ0n) is 13.8. The van der Waals surface area contributed by atoms with Crippen LogP contribution in [0.1, 0.15) is 27.2 Å². The van der Waals surface area contributed by atoms with Crippen LogP contribution in [0.15, 0.2) is 30.3 Å². The number of para-hydroxylation sites is 1. The number of carbonyl (C=O) groups is 1. The number of rotatable bonds is 10. The Kier molecular flexibility index (Phi) is 7.91. The molecule has 0 fully saturated rings. The summed E-state index contributed by atoms with van der Waals surface area (Å²) >= 11 is 0. The van der Waals surface area contributed by atoms with E-state index >= 15 is 0 Å². The Morgan fingerprint density at radius 1 is 1.27 bits per heavy atom. The quantitative estimate of drug-likeness (QED) is 0.648. The second-order valence-electron chi connectivity index (χ2n) is 6.13. The molecule has 0 aromatic heterocycles. The predicted molar refractivity (Wildman–Crippen MR) is 87.8 cm³/mol. The highest BCUT2D eigenvalue weighted by Crippen LogP contribution is 2.15. The maximum atomic E-state index is 11.9. The monoisotopic (exact) mass is 308 g/mol. The highest BCUT2D eigenvalue weighted by Gasteiger charge is 2.25. The summed E-state index contributed by atoms with van der Waals surface area (Å²) < 4.78 is 10.8. The first-order chi connectivity index (χ1) is 10.4. The van der Waals surface area contributed by atoms with Crippen LogP contribution in [0.5, 0.6) is 5.75 Å². The van der Waals surface area contributed by atoms with E-state index in [-0.39, 0.29) is 18.1 Å². The Hall–Kier alpha value is -1.59. The molecule has 0 aliphatic carbocycles. The molecule has 1 rings (SSSR count). The fourth-order valence-corrected chi connectivity index (χ4v) is 2.36. The third-order valence-electron chi connectivity index (χ3n) is 3.22. The lowest BCUT2D eigenvalue weighted by Gasteiger charge is -2.31. The molecule has 22 heavy (non-hydrogen) atoms. The van der Waals surface area contributed by atoms with Crippen LogP contribution in [0.25, 0.3) is 0 Å². The van der Waals surface area contributed by atoms with Crippen molar-refractivity contribution in [2.24, 2.45) is 11.7 Å². The van der Waals surface area contributed by atoms with Crippen LogP contribution in [0.2, 0.25) is 0 Å². The van der Waals surface area contributed by atoms with Gasteiger partial charge in [-0.15, -0.1) is 0 Å². The van der Waals surface area contributed by atoms with Gasteiger partial charge >= 0.3 is 0 Å². The van der Waals surface area contributed by atoms with Gasteiger partial charge in [-0.2, -0.15) is 0 Å². The molecule has 124 valence electrons. The number of nitrogens with two attached hydrogens (primary N) is 1. The van der Waals surface area contributed by atoms with Gasteiger partial charge in [0.2, 0.25) is 5.91 Å². The molecule has 1 aromatic rings. The van der Waals surface area contributed by atoms with Gasteiger partial charge in [0.25, 0.3) is 0 Å². The molecule has 0 bridgehead atoms. The lowest BCUT2D eigenvalue weighted by atomic mass is 9.91. The summed E-state index contributed by atoms with van der Waals surface area (Å²) in [5.41, 5.74) is 5.39. The van der Waals surface area contributed by atoms with Crippen molar-refractivity contribution in [1.29, 1.82) is 0 Å². The first-order valence-electron chi connectivity index (χ1n) is 7.72. The Labute approximate surface area is 133 Å². The highest BCUT2D eigenvalue weighted by molar-refractivity contribution is 5.78. The van der Waals surface area contributed by atoms with Crippen molar-refractivity contribution >= 4 is 5.91 Å². The van der Waals surface area contributed by atoms with Crippen LogP contribution < -0.4 is 15.8 Å². The first-order valence-corrected chi connectivity index (χ1v) is 7.72. The van der Waals surface area contributed by atoms with E-state index in [4.69, 9.17) is 15.2 Å². The Morgan fingerprint density at radius 3 is 2.55 bits per heavy atom. The van der Waals surface area contributed by atoms with Crippen molar-refractivity contribution in [3.63, 3.8) is 0 Å². The molecule has 0 spiro atoms. The van der Waals surface area contributed by atoms with Crippen molar-refractivity contribution < 1.29 is 14.3 Å². The van der Waals surface area contributed by atoms with E-state index in [1.54, 1.807) is 0 Å². The third-order valence-corrected chi connectivity index (χ3v) is 3.22. The number of nitrogens with one attached hydrogen (secondary N) is 1. The molecule has 1 unspecified atom stereocenters. The number of carbonyl (C=O) groups excluding carboxylic acids is 1. The van der Waals surface area contributed by atoms with E-state index < -0.39 is 0 Å². The van der Waals surface area contributed by atoms with Crippen molar-refractivity contribution in [2.75, 3.05) is 26.4 Å². The van der Waals surface area contributed by atoms with Gasteiger partial charge in [0.1, 0.15) is 19.0 Å². The number of amides is 1. The van der Waals surface area contributed by atoms with Crippen LogP contribution in [0.4, 0.5) is 0 Å². The fourth-order valence-electron chi connectivity index (χ4n) is 2.36. The Morgan fingerprint density at radius 2 is 1.95 bits per heavy atom. The largest absolute Gasteiger partial charge is 0.491 e. The molecule has 1 atom stereocenters. The van der Waals surface area contributed by atoms with E-state index in [0.29, 0.717) is 25.7 Å². The molecule has 1 amide bonds. The van der Waals surface area contributed by atoms with Crippen LogP contribution in [0, 0.1) is 5.92 Å². The zero-order chi connectivity index (χ0) is 16.4. The van der Waals surface area contributed by atoms with Crippen molar-refractivity contribution in [2.45, 2.75) is 32.7 Å². The summed E-state index contributed by atoms with van der Waals surface area (Å²) in [4.78, 5) is 11.9. The standard InChI is InChI=1S/C17H28N2O3/c1-14(2)11-17(3,13-18)19-16(20)12-21-9-10-22-15-7-5-4-6-8-15/h4-8,14H,9-13,18H2,1-3H3,(H,19,20). The van der Waals surface area contributed by atoms with Crippen LogP contribution >= 0.6 is 0 Å². The molecular weight excluding hydrogens is 280 g/mol. The summed E-state index contributed by atoms with van der Waals surface area (Å²) in [7, 11) is 0. The van der Waals surface area contributed by atoms with Gasteiger partial charge in [0.05, 0.1) is 6.61 Å². The molecule has 5 heteroatoms. The minimum atomic E-state index is -0.380. The smallest absolute Gasteiger partial charge is 0.246 e. The average molecular weight is 308 g/mol. The topological polar surface area (TPSA) is 73.6 Å². The molecule has 0 saturated heterocycles.